The van der Waals surface area contributed by atoms with E-state index in [1.165, 1.54) is 65.2 Å². The summed E-state index contributed by atoms with van der Waals surface area (Å²) >= 11 is 1.86. The number of aromatic nitrogens is 1. The van der Waals surface area contributed by atoms with Crippen molar-refractivity contribution < 1.29 is 0 Å². The van der Waals surface area contributed by atoms with Crippen molar-refractivity contribution in [1.29, 1.82) is 0 Å². The predicted octanol–water partition coefficient (Wildman–Crippen LogP) is 4.10. The second kappa shape index (κ2) is 8.49. The highest BCUT2D eigenvalue weighted by molar-refractivity contribution is 14.0. The third kappa shape index (κ3) is 4.53. The molecule has 6 heteroatoms. The molecule has 1 aromatic heterocycles. The van der Waals surface area contributed by atoms with E-state index in [0.717, 1.165) is 18.5 Å². The maximum atomic E-state index is 6.03. The molecule has 0 saturated carbocycles. The predicted molar refractivity (Wildman–Crippen MR) is 116 cm³/mol. The van der Waals surface area contributed by atoms with Crippen LogP contribution in [0.2, 0.25) is 0 Å². The van der Waals surface area contributed by atoms with Gasteiger partial charge >= 0.3 is 0 Å². The number of nitrogens with zero attached hydrogens (tertiary/aromatic N) is 2. The molecule has 0 unspecified atom stereocenters. The first-order valence-electron chi connectivity index (χ1n) is 8.94. The number of nitrogens with two attached hydrogens (primary N) is 1. The molecular weight excluding hydrogens is 443 g/mol. The van der Waals surface area contributed by atoms with Crippen LogP contribution in [-0.4, -0.2) is 17.5 Å². The van der Waals surface area contributed by atoms with E-state index < -0.39 is 0 Å². The SMILES string of the molecule is I.NC(=NCCc1nc2c(s1)CCCC2)Nc1ccc2c(c1)CCC2. The van der Waals surface area contributed by atoms with Crippen molar-refractivity contribution in [2.24, 2.45) is 10.7 Å². The Bertz CT molecular complexity index is 745. The second-order valence-corrected chi connectivity index (χ2v) is 7.83. The Morgan fingerprint density at radius 2 is 1.96 bits per heavy atom. The fourth-order valence-corrected chi connectivity index (χ4v) is 4.77. The summed E-state index contributed by atoms with van der Waals surface area (Å²) in [4.78, 5) is 10.7. The minimum atomic E-state index is 0. The van der Waals surface area contributed by atoms with Gasteiger partial charge in [-0.25, -0.2) is 4.98 Å². The lowest BCUT2D eigenvalue weighted by Gasteiger charge is -2.07. The van der Waals surface area contributed by atoms with Crippen molar-refractivity contribution in [1.82, 2.24) is 4.98 Å². The molecule has 0 bridgehead atoms. The van der Waals surface area contributed by atoms with Crippen molar-refractivity contribution >= 4 is 47.0 Å². The van der Waals surface area contributed by atoms with Crippen molar-refractivity contribution in [2.75, 3.05) is 11.9 Å². The molecule has 1 heterocycles. The molecular formula is C19H25IN4S. The van der Waals surface area contributed by atoms with Crippen LogP contribution < -0.4 is 11.1 Å². The zero-order valence-corrected chi connectivity index (χ0v) is 17.5. The summed E-state index contributed by atoms with van der Waals surface area (Å²) in [7, 11) is 0. The molecule has 2 aromatic rings. The number of halogens is 1. The molecule has 25 heavy (non-hydrogen) atoms. The molecule has 0 spiro atoms. The number of thiazole rings is 1. The van der Waals surface area contributed by atoms with Crippen molar-refractivity contribution in [3.8, 4) is 0 Å². The molecule has 0 aliphatic heterocycles. The van der Waals surface area contributed by atoms with Gasteiger partial charge in [0.2, 0.25) is 0 Å². The summed E-state index contributed by atoms with van der Waals surface area (Å²) in [5, 5.41) is 4.42. The number of aryl methyl sites for hydroxylation is 4. The van der Waals surface area contributed by atoms with Crippen LogP contribution in [0.5, 0.6) is 0 Å². The Morgan fingerprint density at radius 3 is 2.84 bits per heavy atom. The number of benzene rings is 1. The topological polar surface area (TPSA) is 63.3 Å². The van der Waals surface area contributed by atoms with Gasteiger partial charge in [-0.05, 0) is 68.2 Å². The summed E-state index contributed by atoms with van der Waals surface area (Å²) in [6.07, 6.45) is 9.48. The summed E-state index contributed by atoms with van der Waals surface area (Å²) in [5.74, 6) is 0.495. The van der Waals surface area contributed by atoms with Gasteiger partial charge in [-0.1, -0.05) is 6.07 Å². The van der Waals surface area contributed by atoms with Crippen LogP contribution in [0, 0.1) is 0 Å². The molecule has 0 fully saturated rings. The van der Waals surface area contributed by atoms with Crippen molar-refractivity contribution in [3.05, 3.63) is 44.9 Å². The van der Waals surface area contributed by atoms with E-state index >= 15 is 0 Å². The molecule has 4 nitrogen and oxygen atoms in total. The molecule has 134 valence electrons. The molecule has 2 aliphatic rings. The molecule has 0 amide bonds. The van der Waals surface area contributed by atoms with Crippen LogP contribution in [-0.2, 0) is 32.1 Å². The van der Waals surface area contributed by atoms with Gasteiger partial charge in [0.05, 0.1) is 10.7 Å². The van der Waals surface area contributed by atoms with Crippen LogP contribution in [0.4, 0.5) is 5.69 Å². The maximum Gasteiger partial charge on any atom is 0.193 e. The van der Waals surface area contributed by atoms with Crippen molar-refractivity contribution in [2.45, 2.75) is 51.4 Å². The van der Waals surface area contributed by atoms with E-state index in [-0.39, 0.29) is 24.0 Å². The Kier molecular flexibility index (Phi) is 6.33. The molecule has 0 radical (unpaired) electrons. The molecule has 0 atom stereocenters. The molecule has 0 saturated heterocycles. The van der Waals surface area contributed by atoms with Crippen LogP contribution >= 0.6 is 35.3 Å². The number of aliphatic imine (C=N–C) groups is 1. The van der Waals surface area contributed by atoms with E-state index in [4.69, 9.17) is 10.7 Å². The van der Waals surface area contributed by atoms with Gasteiger partial charge in [0, 0.05) is 23.5 Å². The number of rotatable bonds is 4. The summed E-state index contributed by atoms with van der Waals surface area (Å²) in [6, 6.07) is 6.51. The van der Waals surface area contributed by atoms with Gasteiger partial charge in [-0.15, -0.1) is 35.3 Å². The van der Waals surface area contributed by atoms with E-state index in [1.807, 2.05) is 11.3 Å². The summed E-state index contributed by atoms with van der Waals surface area (Å²) < 4.78 is 0. The van der Waals surface area contributed by atoms with E-state index in [1.54, 1.807) is 0 Å². The first-order chi connectivity index (χ1) is 11.8. The van der Waals surface area contributed by atoms with Gasteiger partial charge in [0.15, 0.2) is 5.96 Å². The molecule has 4 rings (SSSR count). The lowest BCUT2D eigenvalue weighted by atomic mass is 10.0. The van der Waals surface area contributed by atoms with E-state index in [9.17, 15) is 0 Å². The fourth-order valence-electron chi connectivity index (χ4n) is 3.62. The lowest BCUT2D eigenvalue weighted by Crippen LogP contribution is -2.23. The van der Waals surface area contributed by atoms with E-state index in [0.29, 0.717) is 12.5 Å². The summed E-state index contributed by atoms with van der Waals surface area (Å²) in [5.41, 5.74) is 11.3. The Hall–Kier alpha value is -1.15. The molecule has 1 aromatic carbocycles. The Morgan fingerprint density at radius 1 is 1.12 bits per heavy atom. The molecule has 3 N–H and O–H groups in total. The maximum absolute atomic E-state index is 6.03. The van der Waals surface area contributed by atoms with Crippen LogP contribution in [0.15, 0.2) is 23.2 Å². The monoisotopic (exact) mass is 468 g/mol. The summed E-state index contributed by atoms with van der Waals surface area (Å²) in [6.45, 7) is 0.691. The third-order valence-electron chi connectivity index (χ3n) is 4.87. The highest BCUT2D eigenvalue weighted by atomic mass is 127. The van der Waals surface area contributed by atoms with Crippen LogP contribution in [0.25, 0.3) is 0 Å². The van der Waals surface area contributed by atoms with Crippen molar-refractivity contribution in [3.63, 3.8) is 0 Å². The third-order valence-corrected chi connectivity index (χ3v) is 6.09. The second-order valence-electron chi connectivity index (χ2n) is 6.66. The zero-order chi connectivity index (χ0) is 16.4. The lowest BCUT2D eigenvalue weighted by molar-refractivity contribution is 0.680. The number of nitrogens with one attached hydrogen (secondary N) is 1. The first kappa shape index (κ1) is 18.6. The number of fused-ring (bicyclic) bond motifs is 2. The standard InChI is InChI=1S/C19H24N4S.HI/c20-19(22-15-9-8-13-4-3-5-14(13)12-15)21-11-10-18-23-16-6-1-2-7-17(16)24-18;/h8-9,12H,1-7,10-11H2,(H3,20,21,22);1H. The highest BCUT2D eigenvalue weighted by Gasteiger charge is 2.14. The van der Waals surface area contributed by atoms with Gasteiger partial charge in [0.25, 0.3) is 0 Å². The largest absolute Gasteiger partial charge is 0.370 e. The smallest absolute Gasteiger partial charge is 0.193 e. The first-order valence-corrected chi connectivity index (χ1v) is 9.76. The minimum absolute atomic E-state index is 0. The Balaban J connectivity index is 0.00000182. The Labute approximate surface area is 170 Å². The van der Waals surface area contributed by atoms with E-state index in [2.05, 4.69) is 28.5 Å². The highest BCUT2D eigenvalue weighted by Crippen LogP contribution is 2.27. The van der Waals surface area contributed by atoms with Crippen LogP contribution in [0.1, 0.15) is 46.0 Å². The van der Waals surface area contributed by atoms with Gasteiger partial charge in [-0.2, -0.15) is 0 Å². The average molecular weight is 468 g/mol. The molecule has 2 aliphatic carbocycles. The fraction of sp³-hybridized carbons (Fsp3) is 0.474. The average Bonchev–Trinajstić information content (AvgIpc) is 3.20. The van der Waals surface area contributed by atoms with Gasteiger partial charge in [-0.3, -0.25) is 4.99 Å². The minimum Gasteiger partial charge on any atom is -0.370 e. The zero-order valence-electron chi connectivity index (χ0n) is 14.4. The van der Waals surface area contributed by atoms with Gasteiger partial charge in [0.1, 0.15) is 0 Å². The number of hydrogen-bond acceptors (Lipinski definition) is 3. The number of anilines is 1. The quantitative estimate of drug-likeness (QED) is 0.404. The normalized spacial score (nSPS) is 16.1. The number of hydrogen-bond donors (Lipinski definition) is 2. The van der Waals surface area contributed by atoms with Gasteiger partial charge < -0.3 is 11.1 Å². The van der Waals surface area contributed by atoms with Crippen LogP contribution in [0.3, 0.4) is 0 Å². The number of guanidine groups is 1.